The predicted octanol–water partition coefficient (Wildman–Crippen LogP) is 3.89. The summed E-state index contributed by atoms with van der Waals surface area (Å²) in [6.07, 6.45) is 4.04. The zero-order valence-corrected chi connectivity index (χ0v) is 15.6. The number of aryl methyl sites for hydroxylation is 2. The Kier molecular flexibility index (Phi) is 4.88. The van der Waals surface area contributed by atoms with Crippen LogP contribution in [0, 0.1) is 13.8 Å². The number of benzene rings is 1. The van der Waals surface area contributed by atoms with Crippen LogP contribution in [-0.2, 0) is 6.54 Å². The highest BCUT2D eigenvalue weighted by Gasteiger charge is 2.10. The first-order valence-electron chi connectivity index (χ1n) is 8.70. The van der Waals surface area contributed by atoms with Crippen molar-refractivity contribution < 1.29 is 0 Å². The zero-order valence-electron chi connectivity index (χ0n) is 15.6. The Bertz CT molecular complexity index is 845. The van der Waals surface area contributed by atoms with Gasteiger partial charge in [-0.15, -0.1) is 0 Å². The van der Waals surface area contributed by atoms with Gasteiger partial charge >= 0.3 is 0 Å². The van der Waals surface area contributed by atoms with Crippen molar-refractivity contribution in [1.82, 2.24) is 24.5 Å². The molecule has 0 bridgehead atoms. The number of aromatic nitrogens is 5. The van der Waals surface area contributed by atoms with Gasteiger partial charge in [0.15, 0.2) is 0 Å². The number of anilines is 1. The van der Waals surface area contributed by atoms with Crippen LogP contribution >= 0.6 is 0 Å². The third kappa shape index (κ3) is 4.07. The molecule has 3 rings (SSSR count). The molecule has 0 amide bonds. The summed E-state index contributed by atoms with van der Waals surface area (Å²) in [7, 11) is 0. The third-order valence-corrected chi connectivity index (χ3v) is 4.26. The van der Waals surface area contributed by atoms with Crippen LogP contribution in [0.4, 0.5) is 5.69 Å². The molecule has 1 N–H and O–H groups in total. The summed E-state index contributed by atoms with van der Waals surface area (Å²) >= 11 is 0. The van der Waals surface area contributed by atoms with E-state index in [4.69, 9.17) is 0 Å². The second kappa shape index (κ2) is 7.09. The largest absolute Gasteiger partial charge is 0.378 e. The molecule has 0 aliphatic rings. The van der Waals surface area contributed by atoms with Crippen molar-refractivity contribution in [3.05, 3.63) is 59.4 Å². The van der Waals surface area contributed by atoms with Crippen LogP contribution in [0.5, 0.6) is 0 Å². The minimum absolute atomic E-state index is 0.193. The molecule has 2 aromatic heterocycles. The lowest BCUT2D eigenvalue weighted by molar-refractivity contribution is 0.532. The molecule has 1 atom stereocenters. The fraction of sp³-hybridized carbons (Fsp3) is 0.421. The quantitative estimate of drug-likeness (QED) is 0.740. The monoisotopic (exact) mass is 338 g/mol. The smallest absolute Gasteiger partial charge is 0.147 e. The molecule has 0 radical (unpaired) electrons. The number of hydrogen-bond donors (Lipinski definition) is 1. The first kappa shape index (κ1) is 17.2. The van der Waals surface area contributed by atoms with Gasteiger partial charge in [0.2, 0.25) is 0 Å². The van der Waals surface area contributed by atoms with E-state index in [1.807, 2.05) is 29.4 Å². The summed E-state index contributed by atoms with van der Waals surface area (Å²) in [6, 6.07) is 9.01. The molecule has 6 heteroatoms. The first-order valence-corrected chi connectivity index (χ1v) is 8.70. The minimum Gasteiger partial charge on any atom is -0.378 e. The highest BCUT2D eigenvalue weighted by Crippen LogP contribution is 2.21. The van der Waals surface area contributed by atoms with Gasteiger partial charge < -0.3 is 5.32 Å². The van der Waals surface area contributed by atoms with Gasteiger partial charge in [-0.1, -0.05) is 12.1 Å². The molecule has 0 aliphatic carbocycles. The van der Waals surface area contributed by atoms with Gasteiger partial charge in [-0.05, 0) is 52.3 Å². The molecule has 0 saturated heterocycles. The predicted molar refractivity (Wildman–Crippen MR) is 99.7 cm³/mol. The fourth-order valence-electron chi connectivity index (χ4n) is 2.84. The van der Waals surface area contributed by atoms with Gasteiger partial charge in [-0.3, -0.25) is 4.68 Å². The second-order valence-electron chi connectivity index (χ2n) is 6.78. The average molecular weight is 338 g/mol. The molecule has 2 heterocycles. The minimum atomic E-state index is 0.193. The first-order chi connectivity index (χ1) is 11.9. The van der Waals surface area contributed by atoms with Gasteiger partial charge in [-0.25, -0.2) is 9.67 Å². The zero-order chi connectivity index (χ0) is 18.0. The van der Waals surface area contributed by atoms with E-state index in [0.29, 0.717) is 6.04 Å². The van der Waals surface area contributed by atoms with E-state index in [1.165, 1.54) is 11.1 Å². The Morgan fingerprint density at radius 3 is 2.60 bits per heavy atom. The van der Waals surface area contributed by atoms with Gasteiger partial charge in [0.25, 0.3) is 0 Å². The lowest BCUT2D eigenvalue weighted by atomic mass is 10.1. The van der Waals surface area contributed by atoms with Crippen molar-refractivity contribution in [2.45, 2.75) is 53.2 Å². The second-order valence-corrected chi connectivity index (χ2v) is 6.78. The average Bonchev–Trinajstić information content (AvgIpc) is 3.15. The highest BCUT2D eigenvalue weighted by atomic mass is 15.3. The maximum Gasteiger partial charge on any atom is 0.147 e. The molecular formula is C19H26N6. The van der Waals surface area contributed by atoms with Crippen LogP contribution in [0.25, 0.3) is 0 Å². The lowest BCUT2D eigenvalue weighted by Crippen LogP contribution is -2.08. The summed E-state index contributed by atoms with van der Waals surface area (Å²) in [5.41, 5.74) is 3.47. The van der Waals surface area contributed by atoms with E-state index in [0.717, 1.165) is 23.9 Å². The number of nitrogens with one attached hydrogen (secondary N) is 1. The summed E-state index contributed by atoms with van der Waals surface area (Å²) < 4.78 is 3.92. The van der Waals surface area contributed by atoms with Crippen LogP contribution in [0.2, 0.25) is 0 Å². The van der Waals surface area contributed by atoms with Crippen molar-refractivity contribution in [2.75, 3.05) is 5.32 Å². The van der Waals surface area contributed by atoms with Crippen LogP contribution in [-0.4, -0.2) is 24.5 Å². The van der Waals surface area contributed by atoms with E-state index >= 15 is 0 Å². The molecule has 1 aromatic carbocycles. The topological polar surface area (TPSA) is 60.6 Å². The van der Waals surface area contributed by atoms with Gasteiger partial charge in [0.05, 0.1) is 18.8 Å². The number of nitrogens with zero attached hydrogens (tertiary/aromatic N) is 5. The Morgan fingerprint density at radius 1 is 1.16 bits per heavy atom. The molecular weight excluding hydrogens is 312 g/mol. The Labute approximate surface area is 148 Å². The Hall–Kier alpha value is -2.63. The molecule has 0 spiro atoms. The molecule has 0 fully saturated rings. The van der Waals surface area contributed by atoms with E-state index in [-0.39, 0.29) is 6.04 Å². The van der Waals surface area contributed by atoms with Crippen LogP contribution in [0.1, 0.15) is 55.6 Å². The van der Waals surface area contributed by atoms with Crippen LogP contribution in [0.3, 0.4) is 0 Å². The molecule has 132 valence electrons. The van der Waals surface area contributed by atoms with Gasteiger partial charge in [-0.2, -0.15) is 10.2 Å². The van der Waals surface area contributed by atoms with E-state index in [9.17, 15) is 0 Å². The summed E-state index contributed by atoms with van der Waals surface area (Å²) in [5, 5.41) is 12.4. The van der Waals surface area contributed by atoms with Crippen molar-refractivity contribution in [2.24, 2.45) is 0 Å². The fourth-order valence-corrected chi connectivity index (χ4v) is 2.84. The van der Waals surface area contributed by atoms with E-state index in [1.54, 1.807) is 0 Å². The Balaban J connectivity index is 1.71. The van der Waals surface area contributed by atoms with Crippen molar-refractivity contribution in [3.63, 3.8) is 0 Å². The van der Waals surface area contributed by atoms with Crippen molar-refractivity contribution in [1.29, 1.82) is 0 Å². The molecule has 25 heavy (non-hydrogen) atoms. The number of rotatable bonds is 6. The van der Waals surface area contributed by atoms with E-state index < -0.39 is 0 Å². The maximum absolute atomic E-state index is 4.44. The highest BCUT2D eigenvalue weighted by molar-refractivity contribution is 5.47. The third-order valence-electron chi connectivity index (χ3n) is 4.26. The molecule has 6 nitrogen and oxygen atoms in total. The molecule has 0 saturated carbocycles. The number of hydrogen-bond acceptors (Lipinski definition) is 4. The normalized spacial score (nSPS) is 12.6. The van der Waals surface area contributed by atoms with Gasteiger partial charge in [0.1, 0.15) is 11.6 Å². The van der Waals surface area contributed by atoms with Gasteiger partial charge in [0, 0.05) is 23.5 Å². The van der Waals surface area contributed by atoms with Crippen molar-refractivity contribution in [3.8, 4) is 0 Å². The van der Waals surface area contributed by atoms with E-state index in [2.05, 4.69) is 71.7 Å². The SMILES string of the molecule is Cc1nc(C)n(Cc2cccc(N[C@H](C)c3cnn(C(C)C)c3)c2)n1. The lowest BCUT2D eigenvalue weighted by Gasteiger charge is -2.15. The maximum atomic E-state index is 4.44. The molecule has 0 unspecified atom stereocenters. The Morgan fingerprint density at radius 2 is 1.96 bits per heavy atom. The molecule has 3 aromatic rings. The van der Waals surface area contributed by atoms with Crippen molar-refractivity contribution >= 4 is 5.69 Å². The summed E-state index contributed by atoms with van der Waals surface area (Å²) in [5.74, 6) is 1.74. The van der Waals surface area contributed by atoms with Crippen LogP contribution < -0.4 is 5.32 Å². The standard InChI is InChI=1S/C19H26N6/c1-13(2)24-12-18(10-20-24)14(3)21-19-8-6-7-17(9-19)11-25-16(5)22-15(4)23-25/h6-10,12-14,21H,11H2,1-5H3/t14-/m1/s1. The summed E-state index contributed by atoms with van der Waals surface area (Å²) in [4.78, 5) is 4.36. The molecule has 0 aliphatic heterocycles. The van der Waals surface area contributed by atoms with Crippen LogP contribution in [0.15, 0.2) is 36.7 Å². The summed E-state index contributed by atoms with van der Waals surface area (Å²) in [6.45, 7) is 11.0.